The Morgan fingerprint density at radius 1 is 1.53 bits per heavy atom. The quantitative estimate of drug-likeness (QED) is 0.671. The van der Waals surface area contributed by atoms with Gasteiger partial charge in [-0.3, -0.25) is 0 Å². The number of hydrogen-bond donors (Lipinski definition) is 3. The molecule has 5 nitrogen and oxygen atoms in total. The molecule has 0 aliphatic rings. The maximum absolute atomic E-state index is 9.63. The van der Waals surface area contributed by atoms with Gasteiger partial charge in [0.2, 0.25) is 0 Å². The van der Waals surface area contributed by atoms with Gasteiger partial charge >= 0.3 is 0 Å². The summed E-state index contributed by atoms with van der Waals surface area (Å²) in [6.07, 6.45) is 3.34. The summed E-state index contributed by atoms with van der Waals surface area (Å²) in [5.74, 6) is 1.05. The van der Waals surface area contributed by atoms with Crippen LogP contribution < -0.4 is 11.1 Å². The smallest absolute Gasteiger partial charge is 0.152 e. The molecule has 0 amide bonds. The number of nitrogens with zero attached hydrogens (tertiary/aromatic N) is 2. The van der Waals surface area contributed by atoms with E-state index in [1.807, 2.05) is 0 Å². The van der Waals surface area contributed by atoms with E-state index in [1.165, 1.54) is 12.5 Å². The fourth-order valence-corrected chi connectivity index (χ4v) is 1.33. The van der Waals surface area contributed by atoms with Gasteiger partial charge < -0.3 is 16.2 Å². The van der Waals surface area contributed by atoms with E-state index in [2.05, 4.69) is 29.1 Å². The van der Waals surface area contributed by atoms with Gasteiger partial charge in [-0.2, -0.15) is 0 Å². The molecule has 1 unspecified atom stereocenters. The predicted octanol–water partition coefficient (Wildman–Crippen LogP) is 0.878. The van der Waals surface area contributed by atoms with Crippen LogP contribution in [0.1, 0.15) is 20.3 Å². The number of aromatic nitrogens is 2. The highest BCUT2D eigenvalue weighted by atomic mass is 16.3. The van der Waals surface area contributed by atoms with Crippen molar-refractivity contribution < 1.29 is 5.11 Å². The molecule has 0 bridgehead atoms. The summed E-state index contributed by atoms with van der Waals surface area (Å²) >= 11 is 0. The molecule has 0 saturated carbocycles. The van der Waals surface area contributed by atoms with Gasteiger partial charge in [-0.1, -0.05) is 13.8 Å². The molecule has 0 radical (unpaired) electrons. The number of nitrogens with one attached hydrogen (secondary N) is 1. The van der Waals surface area contributed by atoms with E-state index in [9.17, 15) is 5.11 Å². The Labute approximate surface area is 89.7 Å². The molecule has 0 spiro atoms. The van der Waals surface area contributed by atoms with Gasteiger partial charge in [-0.15, -0.1) is 0 Å². The van der Waals surface area contributed by atoms with Crippen LogP contribution in [0.15, 0.2) is 12.5 Å². The Balaban J connectivity index is 2.40. The normalized spacial score (nSPS) is 12.8. The van der Waals surface area contributed by atoms with Crippen LogP contribution in [-0.2, 0) is 0 Å². The molecule has 1 heterocycles. The van der Waals surface area contributed by atoms with Crippen molar-refractivity contribution in [1.82, 2.24) is 9.97 Å². The SMILES string of the molecule is CC(C)CC(O)CNc1ncncc1N. The van der Waals surface area contributed by atoms with Gasteiger partial charge in [0.05, 0.1) is 18.0 Å². The second kappa shape index (κ2) is 5.50. The topological polar surface area (TPSA) is 84.1 Å². The molecule has 0 fully saturated rings. The van der Waals surface area contributed by atoms with Crippen LogP contribution in [0.5, 0.6) is 0 Å². The first-order valence-corrected chi connectivity index (χ1v) is 5.07. The summed E-state index contributed by atoms with van der Waals surface area (Å²) in [5, 5.41) is 12.6. The van der Waals surface area contributed by atoms with E-state index in [0.717, 1.165) is 6.42 Å². The minimum atomic E-state index is -0.376. The highest BCUT2D eigenvalue weighted by Gasteiger charge is 2.07. The molecule has 0 aliphatic carbocycles. The first-order chi connectivity index (χ1) is 7.09. The van der Waals surface area contributed by atoms with E-state index in [-0.39, 0.29) is 6.10 Å². The number of hydrogen-bond acceptors (Lipinski definition) is 5. The van der Waals surface area contributed by atoms with Crippen molar-refractivity contribution in [3.8, 4) is 0 Å². The first-order valence-electron chi connectivity index (χ1n) is 5.07. The summed E-state index contributed by atoms with van der Waals surface area (Å²) < 4.78 is 0. The summed E-state index contributed by atoms with van der Waals surface area (Å²) in [5.41, 5.74) is 6.13. The number of anilines is 2. The average Bonchev–Trinajstić information content (AvgIpc) is 2.15. The fraction of sp³-hybridized carbons (Fsp3) is 0.600. The number of nitrogens with two attached hydrogens (primary N) is 1. The Morgan fingerprint density at radius 2 is 2.27 bits per heavy atom. The number of aliphatic hydroxyl groups excluding tert-OH is 1. The zero-order valence-electron chi connectivity index (χ0n) is 9.14. The minimum absolute atomic E-state index is 0.376. The van der Waals surface area contributed by atoms with E-state index in [0.29, 0.717) is 24.0 Å². The molecule has 0 aromatic carbocycles. The zero-order chi connectivity index (χ0) is 11.3. The first kappa shape index (κ1) is 11.7. The van der Waals surface area contributed by atoms with Crippen molar-refractivity contribution in [3.63, 3.8) is 0 Å². The van der Waals surface area contributed by atoms with Crippen LogP contribution in [0.2, 0.25) is 0 Å². The van der Waals surface area contributed by atoms with Crippen LogP contribution in [0, 0.1) is 5.92 Å². The molecule has 1 rings (SSSR count). The molecule has 1 aromatic heterocycles. The summed E-state index contributed by atoms with van der Waals surface area (Å²) in [7, 11) is 0. The van der Waals surface area contributed by atoms with Gasteiger partial charge in [0, 0.05) is 6.54 Å². The van der Waals surface area contributed by atoms with Gasteiger partial charge in [0.25, 0.3) is 0 Å². The number of aliphatic hydroxyl groups is 1. The molecule has 5 heteroatoms. The van der Waals surface area contributed by atoms with E-state index in [4.69, 9.17) is 5.73 Å². The number of rotatable bonds is 5. The highest BCUT2D eigenvalue weighted by Crippen LogP contribution is 2.12. The van der Waals surface area contributed by atoms with E-state index >= 15 is 0 Å². The monoisotopic (exact) mass is 210 g/mol. The van der Waals surface area contributed by atoms with Crippen molar-refractivity contribution >= 4 is 11.5 Å². The maximum atomic E-state index is 9.63. The molecule has 15 heavy (non-hydrogen) atoms. The molecule has 0 aliphatic heterocycles. The third-order valence-corrected chi connectivity index (χ3v) is 1.99. The van der Waals surface area contributed by atoms with E-state index in [1.54, 1.807) is 0 Å². The molecule has 4 N–H and O–H groups in total. The Hall–Kier alpha value is -1.36. The second-order valence-electron chi connectivity index (χ2n) is 3.99. The largest absolute Gasteiger partial charge is 0.394 e. The summed E-state index contributed by atoms with van der Waals surface area (Å²) in [6, 6.07) is 0. The zero-order valence-corrected chi connectivity index (χ0v) is 9.14. The van der Waals surface area contributed by atoms with Gasteiger partial charge in [-0.05, 0) is 12.3 Å². The molecular formula is C10H18N4O. The van der Waals surface area contributed by atoms with Crippen molar-refractivity contribution in [3.05, 3.63) is 12.5 Å². The number of nitrogen functional groups attached to an aromatic ring is 1. The van der Waals surface area contributed by atoms with Crippen LogP contribution in [0.3, 0.4) is 0 Å². The van der Waals surface area contributed by atoms with Crippen LogP contribution >= 0.6 is 0 Å². The molecule has 1 aromatic rings. The highest BCUT2D eigenvalue weighted by molar-refractivity contribution is 5.58. The van der Waals surface area contributed by atoms with Crippen LogP contribution in [0.25, 0.3) is 0 Å². The third kappa shape index (κ3) is 4.12. The predicted molar refractivity (Wildman–Crippen MR) is 60.4 cm³/mol. The fourth-order valence-electron chi connectivity index (χ4n) is 1.33. The third-order valence-electron chi connectivity index (χ3n) is 1.99. The van der Waals surface area contributed by atoms with Gasteiger partial charge in [-0.25, -0.2) is 9.97 Å². The van der Waals surface area contributed by atoms with Gasteiger partial charge in [0.15, 0.2) is 5.82 Å². The molecular weight excluding hydrogens is 192 g/mol. The lowest BCUT2D eigenvalue weighted by molar-refractivity contribution is 0.161. The maximum Gasteiger partial charge on any atom is 0.152 e. The Morgan fingerprint density at radius 3 is 2.87 bits per heavy atom. The van der Waals surface area contributed by atoms with Crippen molar-refractivity contribution in [2.75, 3.05) is 17.6 Å². The lowest BCUT2D eigenvalue weighted by atomic mass is 10.1. The summed E-state index contributed by atoms with van der Waals surface area (Å²) in [6.45, 7) is 4.60. The van der Waals surface area contributed by atoms with Crippen molar-refractivity contribution in [2.45, 2.75) is 26.4 Å². The summed E-state index contributed by atoms with van der Waals surface area (Å²) in [4.78, 5) is 7.75. The average molecular weight is 210 g/mol. The lowest BCUT2D eigenvalue weighted by Crippen LogP contribution is -2.22. The second-order valence-corrected chi connectivity index (χ2v) is 3.99. The van der Waals surface area contributed by atoms with Crippen LogP contribution in [-0.4, -0.2) is 27.7 Å². The molecule has 84 valence electrons. The van der Waals surface area contributed by atoms with E-state index < -0.39 is 0 Å². The Bertz CT molecular complexity index is 303. The van der Waals surface area contributed by atoms with Crippen molar-refractivity contribution in [2.24, 2.45) is 5.92 Å². The standard InChI is InChI=1S/C10H18N4O/c1-7(2)3-8(15)4-13-10-9(11)5-12-6-14-10/h5-8,15H,3-4,11H2,1-2H3,(H,12,13,14). The van der Waals surface area contributed by atoms with Crippen molar-refractivity contribution in [1.29, 1.82) is 0 Å². The molecule has 0 saturated heterocycles. The minimum Gasteiger partial charge on any atom is -0.394 e. The lowest BCUT2D eigenvalue weighted by Gasteiger charge is -2.14. The Kier molecular flexibility index (Phi) is 4.30. The van der Waals surface area contributed by atoms with Gasteiger partial charge in [0.1, 0.15) is 6.33 Å². The molecule has 1 atom stereocenters. The van der Waals surface area contributed by atoms with Crippen LogP contribution in [0.4, 0.5) is 11.5 Å².